The molecule has 74 valence electrons. The summed E-state index contributed by atoms with van der Waals surface area (Å²) in [6.45, 7) is 1.86. The Morgan fingerprint density at radius 2 is 1.93 bits per heavy atom. The topological polar surface area (TPSA) is 63.1 Å². The van der Waals surface area contributed by atoms with Crippen molar-refractivity contribution in [1.29, 1.82) is 0 Å². The van der Waals surface area contributed by atoms with E-state index in [4.69, 9.17) is 5.73 Å². The molecule has 1 aromatic rings. The third-order valence-electron chi connectivity index (χ3n) is 1.79. The lowest BCUT2D eigenvalue weighted by molar-refractivity contribution is 0.879. The molecule has 4 nitrogen and oxygen atoms in total. The number of amidine groups is 1. The monoisotopic (exact) mass is 190 g/mol. The second kappa shape index (κ2) is 5.11. The molecule has 0 bridgehead atoms. The second-order valence-electron chi connectivity index (χ2n) is 2.88. The van der Waals surface area contributed by atoms with Gasteiger partial charge in [0, 0.05) is 7.05 Å². The summed E-state index contributed by atoms with van der Waals surface area (Å²) in [5, 5.41) is 8.07. The maximum absolute atomic E-state index is 5.58. The maximum atomic E-state index is 5.58. The molecule has 1 aromatic carbocycles. The van der Waals surface area contributed by atoms with Gasteiger partial charge in [-0.15, -0.1) is 0 Å². The lowest BCUT2D eigenvalue weighted by Crippen LogP contribution is -2.23. The molecule has 0 amide bonds. The Morgan fingerprint density at radius 1 is 1.29 bits per heavy atom. The Bertz CT molecular complexity index is 329. The molecule has 0 saturated carbocycles. The number of hydrogen-bond acceptors (Lipinski definition) is 3. The van der Waals surface area contributed by atoms with E-state index in [-0.39, 0.29) is 6.04 Å². The summed E-state index contributed by atoms with van der Waals surface area (Å²) in [5.74, 6) is 0.490. The van der Waals surface area contributed by atoms with Gasteiger partial charge in [-0.2, -0.15) is 10.2 Å². The molecule has 0 heterocycles. The highest BCUT2D eigenvalue weighted by molar-refractivity contribution is 5.85. The zero-order chi connectivity index (χ0) is 10.4. The van der Waals surface area contributed by atoms with Crippen LogP contribution < -0.4 is 5.73 Å². The van der Waals surface area contributed by atoms with Crippen molar-refractivity contribution in [3.05, 3.63) is 30.3 Å². The third-order valence-corrected chi connectivity index (χ3v) is 1.79. The summed E-state index contributed by atoms with van der Waals surface area (Å²) in [6.07, 6.45) is 0. The minimum Gasteiger partial charge on any atom is -0.386 e. The number of nitrogens with two attached hydrogens (primary N) is 1. The molecule has 2 N–H and O–H groups in total. The lowest BCUT2D eigenvalue weighted by Gasteiger charge is -2.01. The van der Waals surface area contributed by atoms with Crippen LogP contribution in [0.25, 0.3) is 0 Å². The first-order valence-corrected chi connectivity index (χ1v) is 4.42. The lowest BCUT2D eigenvalue weighted by atomic mass is 10.3. The van der Waals surface area contributed by atoms with E-state index in [0.717, 1.165) is 5.69 Å². The van der Waals surface area contributed by atoms with Crippen LogP contribution in [0, 0.1) is 0 Å². The van der Waals surface area contributed by atoms with Crippen molar-refractivity contribution in [2.45, 2.75) is 13.0 Å². The molecule has 0 aromatic heterocycles. The van der Waals surface area contributed by atoms with Crippen LogP contribution in [0.1, 0.15) is 6.92 Å². The Morgan fingerprint density at radius 3 is 2.50 bits per heavy atom. The van der Waals surface area contributed by atoms with Crippen LogP contribution in [-0.2, 0) is 0 Å². The van der Waals surface area contributed by atoms with Crippen LogP contribution >= 0.6 is 0 Å². The van der Waals surface area contributed by atoms with Gasteiger partial charge in [0.15, 0.2) is 0 Å². The zero-order valence-corrected chi connectivity index (χ0v) is 8.38. The van der Waals surface area contributed by atoms with Gasteiger partial charge in [0.25, 0.3) is 0 Å². The van der Waals surface area contributed by atoms with E-state index in [1.165, 1.54) is 0 Å². The standard InChI is InChI=1S/C10H14N4/c1-8(10(11)12-2)13-14-9-6-4-3-5-7-9/h3-8H,1-2H3,(H2,11,12). The first-order chi connectivity index (χ1) is 6.74. The molecular formula is C10H14N4. The SMILES string of the molecule is CN=C(N)C(C)N=Nc1ccccc1. The second-order valence-corrected chi connectivity index (χ2v) is 2.88. The highest BCUT2D eigenvalue weighted by Crippen LogP contribution is 2.10. The van der Waals surface area contributed by atoms with Crippen LogP contribution in [0.3, 0.4) is 0 Å². The molecule has 0 fully saturated rings. The van der Waals surface area contributed by atoms with Crippen molar-refractivity contribution < 1.29 is 0 Å². The smallest absolute Gasteiger partial charge is 0.125 e. The molecule has 0 saturated heterocycles. The van der Waals surface area contributed by atoms with Gasteiger partial charge in [-0.05, 0) is 19.1 Å². The predicted molar refractivity (Wildman–Crippen MR) is 58.0 cm³/mol. The summed E-state index contributed by atoms with van der Waals surface area (Å²) in [5.41, 5.74) is 6.40. The minimum atomic E-state index is -0.166. The van der Waals surface area contributed by atoms with Crippen molar-refractivity contribution in [2.75, 3.05) is 7.05 Å². The molecular weight excluding hydrogens is 176 g/mol. The number of nitrogens with zero attached hydrogens (tertiary/aromatic N) is 3. The fourth-order valence-electron chi connectivity index (χ4n) is 0.894. The average Bonchev–Trinajstić information content (AvgIpc) is 2.26. The summed E-state index contributed by atoms with van der Waals surface area (Å²) in [7, 11) is 1.64. The van der Waals surface area contributed by atoms with Gasteiger partial charge in [0.05, 0.1) is 5.69 Å². The van der Waals surface area contributed by atoms with Crippen molar-refractivity contribution in [2.24, 2.45) is 21.0 Å². The van der Waals surface area contributed by atoms with Crippen LogP contribution in [0.5, 0.6) is 0 Å². The normalized spacial score (nSPS) is 14.6. The first-order valence-electron chi connectivity index (χ1n) is 4.42. The number of rotatable bonds is 3. The van der Waals surface area contributed by atoms with E-state index >= 15 is 0 Å². The van der Waals surface area contributed by atoms with Crippen LogP contribution in [-0.4, -0.2) is 18.9 Å². The van der Waals surface area contributed by atoms with Gasteiger partial charge in [0.2, 0.25) is 0 Å². The van der Waals surface area contributed by atoms with Gasteiger partial charge in [0.1, 0.15) is 11.9 Å². The summed E-state index contributed by atoms with van der Waals surface area (Å²) in [4.78, 5) is 3.84. The molecule has 1 unspecified atom stereocenters. The van der Waals surface area contributed by atoms with Gasteiger partial charge < -0.3 is 5.73 Å². The number of hydrogen-bond donors (Lipinski definition) is 1. The largest absolute Gasteiger partial charge is 0.386 e. The van der Waals surface area contributed by atoms with E-state index in [1.54, 1.807) is 7.05 Å². The molecule has 1 rings (SSSR count). The van der Waals surface area contributed by atoms with E-state index in [0.29, 0.717) is 5.84 Å². The van der Waals surface area contributed by atoms with Crippen molar-refractivity contribution in [3.63, 3.8) is 0 Å². The molecule has 0 aliphatic heterocycles. The van der Waals surface area contributed by atoms with Gasteiger partial charge in [-0.25, -0.2) is 0 Å². The highest BCUT2D eigenvalue weighted by atomic mass is 15.1. The Balaban J connectivity index is 2.65. The molecule has 0 spiro atoms. The molecule has 4 heteroatoms. The summed E-state index contributed by atoms with van der Waals surface area (Å²) in [6, 6.07) is 9.36. The van der Waals surface area contributed by atoms with Gasteiger partial charge >= 0.3 is 0 Å². The summed E-state index contributed by atoms with van der Waals surface area (Å²) < 4.78 is 0. The zero-order valence-electron chi connectivity index (χ0n) is 8.38. The molecule has 1 atom stereocenters. The minimum absolute atomic E-state index is 0.166. The predicted octanol–water partition coefficient (Wildman–Crippen LogP) is 2.15. The number of benzene rings is 1. The number of aliphatic imine (C=N–C) groups is 1. The van der Waals surface area contributed by atoms with Crippen LogP contribution in [0.2, 0.25) is 0 Å². The van der Waals surface area contributed by atoms with Crippen LogP contribution in [0.15, 0.2) is 45.6 Å². The van der Waals surface area contributed by atoms with Crippen molar-refractivity contribution in [3.8, 4) is 0 Å². The van der Waals surface area contributed by atoms with Crippen LogP contribution in [0.4, 0.5) is 5.69 Å². The average molecular weight is 190 g/mol. The highest BCUT2D eigenvalue weighted by Gasteiger charge is 2.02. The maximum Gasteiger partial charge on any atom is 0.125 e. The molecule has 0 radical (unpaired) electrons. The van der Waals surface area contributed by atoms with E-state index in [2.05, 4.69) is 15.2 Å². The Labute approximate surface area is 83.6 Å². The van der Waals surface area contributed by atoms with Crippen molar-refractivity contribution >= 4 is 11.5 Å². The first kappa shape index (κ1) is 10.4. The van der Waals surface area contributed by atoms with Gasteiger partial charge in [-0.1, -0.05) is 18.2 Å². The molecule has 0 aliphatic carbocycles. The van der Waals surface area contributed by atoms with Crippen molar-refractivity contribution in [1.82, 2.24) is 0 Å². The fraction of sp³-hybridized carbons (Fsp3) is 0.300. The van der Waals surface area contributed by atoms with E-state index < -0.39 is 0 Å². The number of azo groups is 1. The van der Waals surface area contributed by atoms with E-state index in [1.807, 2.05) is 37.3 Å². The summed E-state index contributed by atoms with van der Waals surface area (Å²) >= 11 is 0. The quantitative estimate of drug-likeness (QED) is 0.443. The molecule has 0 aliphatic rings. The molecule has 14 heavy (non-hydrogen) atoms. The van der Waals surface area contributed by atoms with E-state index in [9.17, 15) is 0 Å². The Hall–Kier alpha value is -1.71. The van der Waals surface area contributed by atoms with Gasteiger partial charge in [-0.3, -0.25) is 4.99 Å². The Kier molecular flexibility index (Phi) is 3.79. The fourth-order valence-corrected chi connectivity index (χ4v) is 0.894. The third kappa shape index (κ3) is 2.97.